The number of hydrogen-bond acceptors (Lipinski definition) is 6. The van der Waals surface area contributed by atoms with Crippen LogP contribution in [0.1, 0.15) is 54.7 Å². The number of halogens is 1. The highest BCUT2D eigenvalue weighted by Gasteiger charge is 2.40. The lowest BCUT2D eigenvalue weighted by atomic mass is 9.77. The monoisotopic (exact) mass is 686 g/mol. The minimum Gasteiger partial charge on any atom is -0.493 e. The van der Waals surface area contributed by atoms with E-state index in [1.54, 1.807) is 12.3 Å². The van der Waals surface area contributed by atoms with Crippen LogP contribution in [-0.4, -0.2) is 35.9 Å². The minimum absolute atomic E-state index is 0.336. The highest BCUT2D eigenvalue weighted by atomic mass is 19.1. The molecule has 1 aliphatic carbocycles. The van der Waals surface area contributed by atoms with Crippen molar-refractivity contribution in [2.24, 2.45) is 0 Å². The van der Waals surface area contributed by atoms with Crippen LogP contribution in [0.4, 0.5) is 4.39 Å². The summed E-state index contributed by atoms with van der Waals surface area (Å²) in [5, 5.41) is 9.79. The molecule has 0 aliphatic heterocycles. The molecule has 8 aromatic rings. The first kappa shape index (κ1) is 31.6. The molecular formula is C43H35FN6O2. The maximum absolute atomic E-state index is 14.8. The second kappa shape index (κ2) is 13.1. The number of pyridine rings is 1. The molecule has 1 fully saturated rings. The third-order valence-corrected chi connectivity index (χ3v) is 9.71. The summed E-state index contributed by atoms with van der Waals surface area (Å²) in [5.41, 5.74) is 6.71. The van der Waals surface area contributed by atoms with Crippen LogP contribution in [0.15, 0.2) is 144 Å². The zero-order valence-corrected chi connectivity index (χ0v) is 28.6. The van der Waals surface area contributed by atoms with Gasteiger partial charge in [0.1, 0.15) is 34.1 Å². The van der Waals surface area contributed by atoms with Crippen molar-refractivity contribution in [3.05, 3.63) is 168 Å². The van der Waals surface area contributed by atoms with Gasteiger partial charge >= 0.3 is 0 Å². The van der Waals surface area contributed by atoms with Crippen LogP contribution in [-0.2, 0) is 5.54 Å². The Bertz CT molecular complexity index is 2390. The van der Waals surface area contributed by atoms with Gasteiger partial charge in [0.25, 0.3) is 0 Å². The summed E-state index contributed by atoms with van der Waals surface area (Å²) < 4.78 is 30.7. The van der Waals surface area contributed by atoms with E-state index in [-0.39, 0.29) is 5.82 Å². The van der Waals surface area contributed by atoms with Crippen molar-refractivity contribution >= 4 is 5.65 Å². The Morgan fingerprint density at radius 1 is 0.808 bits per heavy atom. The van der Waals surface area contributed by atoms with E-state index >= 15 is 0 Å². The molecule has 0 radical (unpaired) electrons. The molecule has 4 aromatic carbocycles. The van der Waals surface area contributed by atoms with Gasteiger partial charge in [-0.3, -0.25) is 9.08 Å². The van der Waals surface area contributed by atoms with Gasteiger partial charge in [-0.15, -0.1) is 0 Å². The molecule has 0 unspecified atom stereocenters. The van der Waals surface area contributed by atoms with Crippen molar-refractivity contribution in [1.82, 2.24) is 29.3 Å². The number of imidazole rings is 1. The van der Waals surface area contributed by atoms with Crippen molar-refractivity contribution in [3.63, 3.8) is 0 Å². The first-order valence-corrected chi connectivity index (χ1v) is 17.6. The van der Waals surface area contributed by atoms with E-state index in [1.165, 1.54) is 12.1 Å². The summed E-state index contributed by atoms with van der Waals surface area (Å²) >= 11 is 0. The Morgan fingerprint density at radius 3 is 2.12 bits per heavy atom. The van der Waals surface area contributed by atoms with E-state index in [0.717, 1.165) is 58.4 Å². The third kappa shape index (κ3) is 5.45. The van der Waals surface area contributed by atoms with Gasteiger partial charge < -0.3 is 9.26 Å². The van der Waals surface area contributed by atoms with Gasteiger partial charge in [-0.2, -0.15) is 10.1 Å². The number of benzene rings is 4. The highest BCUT2D eigenvalue weighted by Crippen LogP contribution is 2.45. The van der Waals surface area contributed by atoms with Gasteiger partial charge in [0.15, 0.2) is 0 Å². The lowest BCUT2D eigenvalue weighted by Gasteiger charge is -2.36. The van der Waals surface area contributed by atoms with Gasteiger partial charge in [0.05, 0.1) is 12.8 Å². The van der Waals surface area contributed by atoms with Gasteiger partial charge in [-0.1, -0.05) is 103 Å². The standard InChI is InChI=1S/C43H35FN6O2/c1-2-24-51-38-25-34(44)21-22-35(38)40-36(30-20-23-39-45-26-37(49(39)27-30)41-46-42(52-48-41)29-18-19-29)28-50(47-40)43(31-12-6-3-7-13-31,32-14-8-4-9-15-32)33-16-10-5-11-17-33/h3-17,20-23,25-29H,2,18-19,24H2,1H3. The molecule has 256 valence electrons. The molecule has 4 heterocycles. The zero-order chi connectivity index (χ0) is 35.1. The number of fused-ring (bicyclic) bond motifs is 1. The van der Waals surface area contributed by atoms with Gasteiger partial charge in [0.2, 0.25) is 11.7 Å². The molecule has 4 aromatic heterocycles. The minimum atomic E-state index is -0.880. The molecule has 8 nitrogen and oxygen atoms in total. The van der Waals surface area contributed by atoms with Crippen LogP contribution in [0.25, 0.3) is 39.5 Å². The van der Waals surface area contributed by atoms with Crippen LogP contribution < -0.4 is 4.74 Å². The van der Waals surface area contributed by atoms with Crippen LogP contribution in [0.2, 0.25) is 0 Å². The lowest BCUT2D eigenvalue weighted by Crippen LogP contribution is -2.38. The topological polar surface area (TPSA) is 83.3 Å². The fourth-order valence-corrected chi connectivity index (χ4v) is 7.05. The quantitative estimate of drug-likeness (QED) is 0.126. The summed E-state index contributed by atoms with van der Waals surface area (Å²) in [4.78, 5) is 9.37. The van der Waals surface area contributed by atoms with Crippen LogP contribution in [0, 0.1) is 5.82 Å². The average Bonchev–Trinajstić information content (AvgIpc) is 3.55. The van der Waals surface area contributed by atoms with Gasteiger partial charge in [-0.05, 0) is 60.2 Å². The molecule has 0 amide bonds. The van der Waals surface area contributed by atoms with Crippen molar-refractivity contribution in [1.29, 1.82) is 0 Å². The summed E-state index contributed by atoms with van der Waals surface area (Å²) in [5.74, 6) is 1.55. The number of rotatable bonds is 11. The highest BCUT2D eigenvalue weighted by molar-refractivity contribution is 5.84. The van der Waals surface area contributed by atoms with Crippen molar-refractivity contribution in [2.45, 2.75) is 37.6 Å². The van der Waals surface area contributed by atoms with Crippen LogP contribution in [0.5, 0.6) is 5.75 Å². The average molecular weight is 687 g/mol. The van der Waals surface area contributed by atoms with E-state index in [1.807, 2.05) is 52.5 Å². The Labute approximate surface area is 300 Å². The molecule has 1 aliphatic rings. The lowest BCUT2D eigenvalue weighted by molar-refractivity contribution is 0.317. The van der Waals surface area contributed by atoms with Crippen molar-refractivity contribution < 1.29 is 13.7 Å². The third-order valence-electron chi connectivity index (χ3n) is 9.71. The van der Waals surface area contributed by atoms with Crippen LogP contribution >= 0.6 is 0 Å². The van der Waals surface area contributed by atoms with E-state index in [9.17, 15) is 4.39 Å². The fraction of sp³-hybridized carbons (Fsp3) is 0.163. The smallest absolute Gasteiger partial charge is 0.230 e. The summed E-state index contributed by atoms with van der Waals surface area (Å²) in [6.45, 7) is 2.47. The molecule has 1 saturated carbocycles. The number of ether oxygens (including phenoxy) is 1. The Hall–Kier alpha value is -6.35. The summed E-state index contributed by atoms with van der Waals surface area (Å²) in [7, 11) is 0. The molecular weight excluding hydrogens is 652 g/mol. The molecule has 52 heavy (non-hydrogen) atoms. The molecule has 9 rings (SSSR count). The van der Waals surface area contributed by atoms with Gasteiger partial charge in [-0.25, -0.2) is 9.37 Å². The predicted molar refractivity (Wildman–Crippen MR) is 197 cm³/mol. The fourth-order valence-electron chi connectivity index (χ4n) is 7.05. The van der Waals surface area contributed by atoms with Crippen molar-refractivity contribution in [2.75, 3.05) is 6.61 Å². The molecule has 0 N–H and O–H groups in total. The van der Waals surface area contributed by atoms with E-state index in [0.29, 0.717) is 41.2 Å². The first-order valence-electron chi connectivity index (χ1n) is 17.6. The number of nitrogens with zero attached hydrogens (tertiary/aromatic N) is 6. The maximum atomic E-state index is 14.8. The molecule has 9 heteroatoms. The Kier molecular flexibility index (Phi) is 7.95. The SMILES string of the molecule is CCCOc1cc(F)ccc1-c1nn(C(c2ccccc2)(c2ccccc2)c2ccccc2)cc1-c1ccc2ncc(-c3noc(C4CC4)n3)n2c1. The van der Waals surface area contributed by atoms with E-state index in [2.05, 4.69) is 89.1 Å². The molecule has 0 atom stereocenters. The van der Waals surface area contributed by atoms with Gasteiger partial charge in [0, 0.05) is 41.1 Å². The van der Waals surface area contributed by atoms with Crippen LogP contribution in [0.3, 0.4) is 0 Å². The van der Waals surface area contributed by atoms with E-state index < -0.39 is 5.54 Å². The molecule has 0 bridgehead atoms. The maximum Gasteiger partial charge on any atom is 0.230 e. The summed E-state index contributed by atoms with van der Waals surface area (Å²) in [6.07, 6.45) is 8.79. The number of hydrogen-bond donors (Lipinski definition) is 0. The number of aromatic nitrogens is 6. The second-order valence-electron chi connectivity index (χ2n) is 13.2. The molecule has 0 spiro atoms. The summed E-state index contributed by atoms with van der Waals surface area (Å²) in [6, 6.07) is 39.9. The van der Waals surface area contributed by atoms with Crippen molar-refractivity contribution in [3.8, 4) is 39.7 Å². The Balaban J connectivity index is 1.32. The zero-order valence-electron chi connectivity index (χ0n) is 28.6. The van der Waals surface area contributed by atoms with E-state index in [4.69, 9.17) is 19.3 Å². The molecule has 0 saturated heterocycles. The Morgan fingerprint density at radius 2 is 1.48 bits per heavy atom. The predicted octanol–water partition coefficient (Wildman–Crippen LogP) is 9.56. The normalized spacial score (nSPS) is 13.1. The first-order chi connectivity index (χ1) is 25.6. The second-order valence-corrected chi connectivity index (χ2v) is 13.2. The largest absolute Gasteiger partial charge is 0.493 e.